The van der Waals surface area contributed by atoms with Crippen molar-refractivity contribution in [1.29, 1.82) is 0 Å². The van der Waals surface area contributed by atoms with Crippen LogP contribution in [0.1, 0.15) is 16.8 Å². The summed E-state index contributed by atoms with van der Waals surface area (Å²) in [7, 11) is 0. The first-order chi connectivity index (χ1) is 67.5. The van der Waals surface area contributed by atoms with Crippen LogP contribution in [0.5, 0.6) is 0 Å². The van der Waals surface area contributed by atoms with E-state index in [1.54, 1.807) is 92.9 Å². The molecule has 0 bridgehead atoms. The number of nitrogens with one attached hydrogen (secondary N) is 2. The van der Waals surface area contributed by atoms with Crippen LogP contribution in [0, 0.1) is 38.2 Å². The molecule has 25 nitrogen and oxygen atoms in total. The lowest BCUT2D eigenvalue weighted by Gasteiger charge is -2.12. The van der Waals surface area contributed by atoms with Gasteiger partial charge in [0, 0.05) is 130 Å². The molecule has 31 heteroatoms. The molecule has 0 aliphatic rings. The van der Waals surface area contributed by atoms with Gasteiger partial charge in [-0.05, 0) is 242 Å². The molecule has 0 aliphatic carbocycles. The lowest BCUT2D eigenvalue weighted by molar-refractivity contribution is 0.618. The smallest absolute Gasteiger partial charge is 0.222 e. The van der Waals surface area contributed by atoms with E-state index in [2.05, 4.69) is 127 Å². The van der Waals surface area contributed by atoms with Crippen LogP contribution < -0.4 is 45.0 Å². The Morgan fingerprint density at radius 1 is 0.266 bits per heavy atom. The van der Waals surface area contributed by atoms with Crippen LogP contribution in [0.4, 0.5) is 71.5 Å². The Labute approximate surface area is 808 Å². The van der Waals surface area contributed by atoms with Crippen LogP contribution in [0.15, 0.2) is 341 Å². The van der Waals surface area contributed by atoms with Crippen molar-refractivity contribution in [3.63, 3.8) is 0 Å². The molecule has 0 fully saturated rings. The number of rotatable bonds is 14. The summed E-state index contributed by atoms with van der Waals surface area (Å²) < 4.78 is 41.0. The van der Waals surface area contributed by atoms with Gasteiger partial charge in [0.2, 0.25) is 17.8 Å². The third-order valence-electron chi connectivity index (χ3n) is 22.4. The van der Waals surface area contributed by atoms with Gasteiger partial charge in [-0.1, -0.05) is 131 Å². The van der Waals surface area contributed by atoms with Crippen LogP contribution in [0.2, 0.25) is 15.1 Å². The van der Waals surface area contributed by atoms with Gasteiger partial charge in [0.05, 0.1) is 89.9 Å². The van der Waals surface area contributed by atoms with Gasteiger partial charge in [0.1, 0.15) is 59.2 Å². The number of hydrogen-bond donors (Lipinski definition) is 8. The average molecular weight is 1890 g/mol. The molecule has 0 amide bonds. The number of aryl methyl sites for hydroxylation is 3. The van der Waals surface area contributed by atoms with E-state index >= 15 is 0 Å². The first-order valence-corrected chi connectivity index (χ1v) is 44.3. The summed E-state index contributed by atoms with van der Waals surface area (Å²) in [4.78, 5) is 73.6. The summed E-state index contributed by atoms with van der Waals surface area (Å²) in [6.45, 7) is 5.75. The molecule has 22 aromatic rings. The zero-order valence-electron chi connectivity index (χ0n) is 74.2. The van der Waals surface area contributed by atoms with Crippen LogP contribution >= 0.6 is 34.8 Å². The molecular formula is C108H79Cl3F3N25. The van der Waals surface area contributed by atoms with Crippen molar-refractivity contribution >= 4 is 148 Å². The number of halogens is 6. The highest BCUT2D eigenvalue weighted by Crippen LogP contribution is 2.42. The van der Waals surface area contributed by atoms with E-state index in [0.29, 0.717) is 62.1 Å². The summed E-state index contributed by atoms with van der Waals surface area (Å²) in [5, 5.41) is 11.4. The number of nitrogen functional groups attached to an aromatic ring is 6. The molecule has 139 heavy (non-hydrogen) atoms. The maximum atomic E-state index is 13.7. The van der Waals surface area contributed by atoms with E-state index in [9.17, 15) is 13.2 Å². The largest absolute Gasteiger partial charge is 0.383 e. The Balaban J connectivity index is 0.000000116. The molecule has 10 aromatic carbocycles. The SMILES string of the molecule is Cc1cc(-c2ncccc2-c2ccc3c(N)nc(N)nc3c2)ccc1F.Cc1ccc(Nc2ncnc3ccc(-c4cccnc4-c4ccc(F)c(Cl)c4)cc23)cn1.Cc1cccc(-c2ncccc2-c2ccc3c(N)nc(N)nc3c2)c1.Fc1ccc(-c2ncccc2-c2ccc3ncnc(Nc4cccnc4)c3c2)cc1Cl.Nc1nc(N)c2ccc(-c3cccnc3-c3cccc(Cl)c3)cc2n1. The van der Waals surface area contributed by atoms with E-state index in [0.717, 1.165) is 161 Å². The predicted molar refractivity (Wildman–Crippen MR) is 552 cm³/mol. The highest BCUT2D eigenvalue weighted by Gasteiger charge is 2.21. The van der Waals surface area contributed by atoms with Gasteiger partial charge in [-0.15, -0.1) is 0 Å². The van der Waals surface area contributed by atoms with Crippen LogP contribution in [-0.2, 0) is 0 Å². The lowest BCUT2D eigenvalue weighted by Crippen LogP contribution is -2.00. The molecule has 678 valence electrons. The molecule has 0 unspecified atom stereocenters. The van der Waals surface area contributed by atoms with E-state index < -0.39 is 11.6 Å². The van der Waals surface area contributed by atoms with Crippen LogP contribution in [-0.4, -0.2) is 84.7 Å². The molecule has 0 saturated carbocycles. The van der Waals surface area contributed by atoms with Gasteiger partial charge in [0.15, 0.2) is 0 Å². The monoisotopic (exact) mass is 1890 g/mol. The number of nitrogens with zero attached hydrogens (tertiary/aromatic N) is 17. The molecule has 14 N–H and O–H groups in total. The standard InChI is InChI=1S/C25H17ClFN5.C24H15ClFN5.C20H16FN5.C20H17N5.C19H14ClN5/c1-15-4-7-18(13-29-15)32-25-20-11-16(6-9-23(20)30-14-31-25)19-3-2-10-28-24(19)17-5-8-22(27)21(26)12-17;25-20-12-16(5-7-21(20)26)23-18(4-2-10-28-23)15-6-8-22-19(11-15)24(30-14-29-22)31-17-3-1-9-27-13-17;1-11-9-13(5-7-16(11)21)18-14(3-2-8-24-18)12-4-6-15-17(10-12)25-20(23)26-19(15)22;1-12-4-2-5-14(10-12)18-15(6-3-9-23-18)13-7-8-16-17(11-13)24-20(22)25-19(16)21;20-13-4-1-3-12(9-13)17-14(5-2-8-23-17)11-6-7-15-16(10-11)24-19(22)25-18(15)21/h2-14H,1H3,(H,30,31,32);1-14H,(H,29,30,31);2-10H,1H3,(H4,22,23,25,26);2-11H,1H3,(H4,21,22,24,25);1-10H,(H4,21,22,24,25). The number of fused-ring (bicyclic) bond motifs is 5. The van der Waals surface area contributed by atoms with E-state index in [-0.39, 0.29) is 33.7 Å². The quantitative estimate of drug-likeness (QED) is 0.0501. The molecule has 22 rings (SSSR count). The minimum atomic E-state index is -0.461. The third-order valence-corrected chi connectivity index (χ3v) is 23.2. The van der Waals surface area contributed by atoms with Gasteiger partial charge in [0.25, 0.3) is 0 Å². The molecule has 0 saturated heterocycles. The molecule has 12 heterocycles. The summed E-state index contributed by atoms with van der Waals surface area (Å²) in [5.74, 6) is 1.76. The van der Waals surface area contributed by atoms with Crippen molar-refractivity contribution in [3.8, 4) is 112 Å². The first kappa shape index (κ1) is 91.5. The molecule has 12 aromatic heterocycles. The minimum Gasteiger partial charge on any atom is -0.383 e. The fraction of sp³-hybridized carbons (Fsp3) is 0.0278. The van der Waals surface area contributed by atoms with Gasteiger partial charge in [-0.3, -0.25) is 34.9 Å². The minimum absolute atomic E-state index is 0.0592. The topological polar surface area (TPSA) is 399 Å². The molecule has 0 radical (unpaired) electrons. The van der Waals surface area contributed by atoms with Gasteiger partial charge >= 0.3 is 0 Å². The van der Waals surface area contributed by atoms with Gasteiger partial charge in [-0.2, -0.15) is 15.0 Å². The summed E-state index contributed by atoms with van der Waals surface area (Å²) >= 11 is 18.2. The third kappa shape index (κ3) is 20.9. The van der Waals surface area contributed by atoms with Crippen LogP contribution in [0.3, 0.4) is 0 Å². The second-order valence-electron chi connectivity index (χ2n) is 31.8. The van der Waals surface area contributed by atoms with E-state index in [4.69, 9.17) is 69.2 Å². The van der Waals surface area contributed by atoms with Crippen molar-refractivity contribution in [2.24, 2.45) is 0 Å². The number of benzene rings is 10. The fourth-order valence-corrected chi connectivity index (χ4v) is 16.3. The predicted octanol–water partition coefficient (Wildman–Crippen LogP) is 24.9. The van der Waals surface area contributed by atoms with Crippen molar-refractivity contribution in [2.75, 3.05) is 45.0 Å². The van der Waals surface area contributed by atoms with Gasteiger partial charge in [-0.25, -0.2) is 48.1 Å². The molecule has 0 atom stereocenters. The summed E-state index contributed by atoms with van der Waals surface area (Å²) in [5.41, 5.74) is 60.8. The van der Waals surface area contributed by atoms with Crippen molar-refractivity contribution in [3.05, 3.63) is 391 Å². The first-order valence-electron chi connectivity index (χ1n) is 43.2. The normalized spacial score (nSPS) is 10.9. The van der Waals surface area contributed by atoms with Crippen molar-refractivity contribution < 1.29 is 13.2 Å². The van der Waals surface area contributed by atoms with Gasteiger partial charge < -0.3 is 45.0 Å². The number of pyridine rings is 7. The second-order valence-corrected chi connectivity index (χ2v) is 33.0. The Morgan fingerprint density at radius 3 is 1.01 bits per heavy atom. The average Bonchev–Trinajstić information content (AvgIpc) is 0.961. The Bertz CT molecular complexity index is 8230. The second kappa shape index (κ2) is 40.8. The highest BCUT2D eigenvalue weighted by atomic mass is 35.5. The maximum absolute atomic E-state index is 13.7. The van der Waals surface area contributed by atoms with E-state index in [1.165, 1.54) is 36.4 Å². The number of anilines is 10. The van der Waals surface area contributed by atoms with Crippen LogP contribution in [0.25, 0.3) is 166 Å². The fourth-order valence-electron chi connectivity index (χ4n) is 15.8. The van der Waals surface area contributed by atoms with E-state index in [1.807, 2.05) is 207 Å². The Morgan fingerprint density at radius 2 is 0.633 bits per heavy atom. The zero-order valence-corrected chi connectivity index (χ0v) is 76.4. The Hall–Kier alpha value is -18.0. The Kier molecular flexibility index (Phi) is 26.9. The van der Waals surface area contributed by atoms with Crippen molar-refractivity contribution in [1.82, 2.24) is 84.7 Å². The summed E-state index contributed by atoms with van der Waals surface area (Å²) in [6.07, 6.45) is 17.0. The highest BCUT2D eigenvalue weighted by molar-refractivity contribution is 6.31. The van der Waals surface area contributed by atoms with Crippen molar-refractivity contribution in [2.45, 2.75) is 20.8 Å². The maximum Gasteiger partial charge on any atom is 0.222 e. The number of aromatic nitrogens is 17. The number of nitrogens with two attached hydrogens (primary N) is 6. The molecule has 0 aliphatic heterocycles. The summed E-state index contributed by atoms with van der Waals surface area (Å²) in [6, 6.07) is 86.5. The number of hydrogen-bond acceptors (Lipinski definition) is 25. The molecule has 0 spiro atoms. The zero-order chi connectivity index (χ0) is 96.3. The molecular weight excluding hydrogens is 1810 g/mol. The lowest BCUT2D eigenvalue weighted by atomic mass is 9.97.